The van der Waals surface area contributed by atoms with Crippen LogP contribution in [0, 0.1) is 0 Å². The number of amides is 1. The van der Waals surface area contributed by atoms with E-state index in [4.69, 9.17) is 10.6 Å². The normalized spacial score (nSPS) is 10.7. The third-order valence-electron chi connectivity index (χ3n) is 2.18. The van der Waals surface area contributed by atoms with Gasteiger partial charge in [0.15, 0.2) is 0 Å². The van der Waals surface area contributed by atoms with Gasteiger partial charge in [-0.1, -0.05) is 26.0 Å². The van der Waals surface area contributed by atoms with Crippen molar-refractivity contribution in [2.24, 2.45) is 5.84 Å². The van der Waals surface area contributed by atoms with E-state index in [0.717, 1.165) is 10.6 Å². The van der Waals surface area contributed by atoms with Crippen LogP contribution in [0.2, 0.25) is 0 Å². The van der Waals surface area contributed by atoms with E-state index in [1.807, 2.05) is 23.9 Å². The second-order valence-electron chi connectivity index (χ2n) is 4.31. The molecule has 0 radical (unpaired) electrons. The number of likely N-dealkylation sites (N-methyl/N-ethyl adjacent to an activating group) is 1. The predicted molar refractivity (Wildman–Crippen MR) is 74.0 cm³/mol. The van der Waals surface area contributed by atoms with Crippen molar-refractivity contribution in [3.8, 4) is 0 Å². The van der Waals surface area contributed by atoms with E-state index in [1.165, 1.54) is 11.9 Å². The highest BCUT2D eigenvalue weighted by molar-refractivity contribution is 7.99. The lowest BCUT2D eigenvalue weighted by Gasteiger charge is -2.10. The molecule has 0 unspecified atom stereocenters. The van der Waals surface area contributed by atoms with Crippen LogP contribution in [0.3, 0.4) is 0 Å². The minimum absolute atomic E-state index is 0.00942. The Kier molecular flexibility index (Phi) is 6.18. The Morgan fingerprint density at radius 1 is 1.39 bits per heavy atom. The van der Waals surface area contributed by atoms with Gasteiger partial charge in [0.2, 0.25) is 0 Å². The average molecular weight is 268 g/mol. The van der Waals surface area contributed by atoms with Gasteiger partial charge >= 0.3 is 0 Å². The summed E-state index contributed by atoms with van der Waals surface area (Å²) in [5, 5.41) is 1.60. The highest BCUT2D eigenvalue weighted by atomic mass is 32.2. The van der Waals surface area contributed by atoms with Crippen LogP contribution in [0.5, 0.6) is 0 Å². The molecule has 2 N–H and O–H groups in total. The van der Waals surface area contributed by atoms with Gasteiger partial charge in [-0.15, -0.1) is 11.8 Å². The summed E-state index contributed by atoms with van der Waals surface area (Å²) in [5.41, 5.74) is 1.05. The molecule has 0 atom stereocenters. The zero-order valence-corrected chi connectivity index (χ0v) is 11.9. The molecule has 1 aromatic carbocycles. The van der Waals surface area contributed by atoms with Crippen molar-refractivity contribution < 1.29 is 9.53 Å². The maximum Gasteiger partial charge on any atom is 0.262 e. The molecule has 0 heterocycles. The molecule has 1 amide bonds. The van der Waals surface area contributed by atoms with Crippen LogP contribution in [-0.4, -0.2) is 29.8 Å². The molecule has 1 rings (SSSR count). The zero-order chi connectivity index (χ0) is 13.5. The van der Waals surface area contributed by atoms with Crippen molar-refractivity contribution in [1.82, 2.24) is 5.01 Å². The van der Waals surface area contributed by atoms with Gasteiger partial charge in [-0.3, -0.25) is 9.80 Å². The maximum absolute atomic E-state index is 11.2. The lowest BCUT2D eigenvalue weighted by Crippen LogP contribution is -2.35. The van der Waals surface area contributed by atoms with Crippen LogP contribution in [0.1, 0.15) is 19.4 Å². The lowest BCUT2D eigenvalue weighted by molar-refractivity contribution is -0.135. The first-order chi connectivity index (χ1) is 8.49. The van der Waals surface area contributed by atoms with Crippen LogP contribution in [0.15, 0.2) is 29.2 Å². The molecule has 0 fully saturated rings. The molecule has 0 aliphatic rings. The summed E-state index contributed by atoms with van der Waals surface area (Å²) in [5.74, 6) is 5.05. The maximum atomic E-state index is 11.2. The molecular weight excluding hydrogens is 248 g/mol. The summed E-state index contributed by atoms with van der Waals surface area (Å²) in [6.45, 7) is 4.76. The summed E-state index contributed by atoms with van der Waals surface area (Å²) in [7, 11) is 1.50. The molecular formula is C13H20N2O2S. The van der Waals surface area contributed by atoms with Crippen LogP contribution in [-0.2, 0) is 16.1 Å². The highest BCUT2D eigenvalue weighted by Gasteiger charge is 2.04. The molecule has 0 aliphatic heterocycles. The zero-order valence-electron chi connectivity index (χ0n) is 11.1. The summed E-state index contributed by atoms with van der Waals surface area (Å²) in [6, 6.07) is 8.17. The van der Waals surface area contributed by atoms with Crippen LogP contribution < -0.4 is 5.84 Å². The smallest absolute Gasteiger partial charge is 0.262 e. The Morgan fingerprint density at radius 3 is 2.50 bits per heavy atom. The first kappa shape index (κ1) is 15.0. The van der Waals surface area contributed by atoms with Crippen molar-refractivity contribution in [1.29, 1.82) is 0 Å². The summed E-state index contributed by atoms with van der Waals surface area (Å²) in [4.78, 5) is 12.4. The molecule has 18 heavy (non-hydrogen) atoms. The second-order valence-corrected chi connectivity index (χ2v) is 5.96. The van der Waals surface area contributed by atoms with Crippen molar-refractivity contribution in [2.75, 3.05) is 13.7 Å². The molecule has 0 aliphatic carbocycles. The van der Waals surface area contributed by atoms with Gasteiger partial charge in [-0.2, -0.15) is 0 Å². The first-order valence-corrected chi connectivity index (χ1v) is 6.71. The lowest BCUT2D eigenvalue weighted by atomic mass is 10.2. The number of thioether (sulfide) groups is 1. The minimum Gasteiger partial charge on any atom is -0.367 e. The molecule has 0 saturated carbocycles. The Bertz CT molecular complexity index is 377. The minimum atomic E-state index is -0.234. The third kappa shape index (κ3) is 5.53. The number of hydrogen-bond donors (Lipinski definition) is 1. The van der Waals surface area contributed by atoms with E-state index >= 15 is 0 Å². The average Bonchev–Trinajstić information content (AvgIpc) is 2.30. The molecule has 0 spiro atoms. The Labute approximate surface area is 112 Å². The Morgan fingerprint density at radius 2 is 2.00 bits per heavy atom. The van der Waals surface area contributed by atoms with Gasteiger partial charge in [0.25, 0.3) is 5.91 Å². The molecule has 0 saturated heterocycles. The molecule has 0 aromatic heterocycles. The fraction of sp³-hybridized carbons (Fsp3) is 0.462. The van der Waals surface area contributed by atoms with Gasteiger partial charge in [0.1, 0.15) is 6.61 Å². The van der Waals surface area contributed by atoms with Crippen molar-refractivity contribution >= 4 is 17.7 Å². The van der Waals surface area contributed by atoms with E-state index in [-0.39, 0.29) is 12.5 Å². The molecule has 0 bridgehead atoms. The standard InChI is InChI=1S/C13H20N2O2S/c1-10(2)18-12-6-4-11(5-7-12)8-17-9-13(16)15(3)14/h4-7,10H,8-9,14H2,1-3H3. The van der Waals surface area contributed by atoms with Gasteiger partial charge in [-0.05, 0) is 17.7 Å². The summed E-state index contributed by atoms with van der Waals surface area (Å²) >= 11 is 1.82. The monoisotopic (exact) mass is 268 g/mol. The van der Waals surface area contributed by atoms with E-state index in [2.05, 4.69) is 26.0 Å². The fourth-order valence-electron chi connectivity index (χ4n) is 1.29. The molecule has 1 aromatic rings. The van der Waals surface area contributed by atoms with E-state index < -0.39 is 0 Å². The number of carbonyl (C=O) groups is 1. The predicted octanol–water partition coefficient (Wildman–Crippen LogP) is 2.04. The number of nitrogens with two attached hydrogens (primary N) is 1. The van der Waals surface area contributed by atoms with E-state index in [9.17, 15) is 4.79 Å². The van der Waals surface area contributed by atoms with Crippen LogP contribution in [0.25, 0.3) is 0 Å². The number of hydrazine groups is 1. The van der Waals surface area contributed by atoms with Crippen molar-refractivity contribution in [3.63, 3.8) is 0 Å². The largest absolute Gasteiger partial charge is 0.367 e. The second kappa shape index (κ2) is 7.41. The first-order valence-electron chi connectivity index (χ1n) is 5.83. The number of carbonyl (C=O) groups excluding carboxylic acids is 1. The van der Waals surface area contributed by atoms with Crippen LogP contribution >= 0.6 is 11.8 Å². The topological polar surface area (TPSA) is 55.6 Å². The number of nitrogens with zero attached hydrogens (tertiary/aromatic N) is 1. The van der Waals surface area contributed by atoms with Crippen molar-refractivity contribution in [2.45, 2.75) is 30.6 Å². The number of benzene rings is 1. The number of ether oxygens (including phenoxy) is 1. The molecule has 100 valence electrons. The van der Waals surface area contributed by atoms with E-state index in [0.29, 0.717) is 11.9 Å². The summed E-state index contributed by atoms with van der Waals surface area (Å²) in [6.07, 6.45) is 0. The quantitative estimate of drug-likeness (QED) is 0.371. The Balaban J connectivity index is 2.37. The van der Waals surface area contributed by atoms with E-state index in [1.54, 1.807) is 0 Å². The molecule has 4 nitrogen and oxygen atoms in total. The third-order valence-corrected chi connectivity index (χ3v) is 3.20. The number of hydrogen-bond acceptors (Lipinski definition) is 4. The van der Waals surface area contributed by atoms with Gasteiger partial charge in [0, 0.05) is 17.2 Å². The SMILES string of the molecule is CC(C)Sc1ccc(COCC(=O)N(C)N)cc1. The van der Waals surface area contributed by atoms with Gasteiger partial charge in [-0.25, -0.2) is 5.84 Å². The fourth-order valence-corrected chi connectivity index (χ4v) is 2.13. The molecule has 5 heteroatoms. The highest BCUT2D eigenvalue weighted by Crippen LogP contribution is 2.22. The van der Waals surface area contributed by atoms with Gasteiger partial charge < -0.3 is 4.74 Å². The Hall–Kier alpha value is -1.04. The summed E-state index contributed by atoms with van der Waals surface area (Å²) < 4.78 is 5.29. The van der Waals surface area contributed by atoms with Crippen LogP contribution in [0.4, 0.5) is 0 Å². The van der Waals surface area contributed by atoms with Crippen molar-refractivity contribution in [3.05, 3.63) is 29.8 Å². The van der Waals surface area contributed by atoms with Gasteiger partial charge in [0.05, 0.1) is 6.61 Å². The number of rotatable bonds is 6.